The van der Waals surface area contributed by atoms with E-state index in [-0.39, 0.29) is 5.91 Å². The number of carbonyl (C=O) groups is 1. The summed E-state index contributed by atoms with van der Waals surface area (Å²) in [5.74, 6) is 0.497. The van der Waals surface area contributed by atoms with Crippen LogP contribution in [0.5, 0.6) is 5.75 Å². The number of pyridine rings is 1. The van der Waals surface area contributed by atoms with Crippen molar-refractivity contribution in [2.45, 2.75) is 19.6 Å². The van der Waals surface area contributed by atoms with Gasteiger partial charge in [0.1, 0.15) is 5.75 Å². The molecule has 1 atom stereocenters. The molecule has 0 saturated carbocycles. The molecule has 0 aliphatic carbocycles. The van der Waals surface area contributed by atoms with Crippen molar-refractivity contribution < 1.29 is 9.53 Å². The Kier molecular flexibility index (Phi) is 5.12. The molecular formula is C15H15BrN2O2. The van der Waals surface area contributed by atoms with Crippen LogP contribution in [0.15, 0.2) is 53.3 Å². The van der Waals surface area contributed by atoms with Crippen LogP contribution in [0, 0.1) is 0 Å². The molecule has 1 amide bonds. The maximum absolute atomic E-state index is 11.9. The maximum atomic E-state index is 11.9. The lowest BCUT2D eigenvalue weighted by Gasteiger charge is -2.14. The number of halogens is 1. The monoisotopic (exact) mass is 334 g/mol. The zero-order valence-electron chi connectivity index (χ0n) is 11.0. The van der Waals surface area contributed by atoms with Crippen molar-refractivity contribution in [2.75, 3.05) is 0 Å². The molecule has 2 aromatic rings. The Morgan fingerprint density at radius 1 is 1.40 bits per heavy atom. The van der Waals surface area contributed by atoms with Crippen LogP contribution in [0.3, 0.4) is 0 Å². The molecule has 4 nitrogen and oxygen atoms in total. The van der Waals surface area contributed by atoms with Crippen LogP contribution in [-0.2, 0) is 11.3 Å². The van der Waals surface area contributed by atoms with Gasteiger partial charge in [-0.15, -0.1) is 0 Å². The number of hydrogen-bond donors (Lipinski definition) is 1. The van der Waals surface area contributed by atoms with Gasteiger partial charge >= 0.3 is 0 Å². The lowest BCUT2D eigenvalue weighted by molar-refractivity contribution is -0.127. The van der Waals surface area contributed by atoms with Gasteiger partial charge in [-0.1, -0.05) is 28.1 Å². The van der Waals surface area contributed by atoms with Gasteiger partial charge < -0.3 is 10.1 Å². The van der Waals surface area contributed by atoms with Gasteiger partial charge in [0.25, 0.3) is 5.91 Å². The summed E-state index contributed by atoms with van der Waals surface area (Å²) in [5, 5.41) is 2.82. The second-order valence-electron chi connectivity index (χ2n) is 4.30. The number of carbonyl (C=O) groups excluding carboxylic acids is 1. The third-order valence-electron chi connectivity index (χ3n) is 2.67. The van der Waals surface area contributed by atoms with E-state index in [1.807, 2.05) is 36.4 Å². The van der Waals surface area contributed by atoms with Crippen LogP contribution in [0.25, 0.3) is 0 Å². The van der Waals surface area contributed by atoms with E-state index in [4.69, 9.17) is 4.74 Å². The molecule has 0 spiro atoms. The Labute approximate surface area is 126 Å². The van der Waals surface area contributed by atoms with Gasteiger partial charge in [0, 0.05) is 23.4 Å². The van der Waals surface area contributed by atoms with Gasteiger partial charge in [-0.3, -0.25) is 9.78 Å². The largest absolute Gasteiger partial charge is 0.481 e. The van der Waals surface area contributed by atoms with Crippen LogP contribution in [0.1, 0.15) is 12.5 Å². The zero-order valence-corrected chi connectivity index (χ0v) is 12.6. The number of nitrogens with one attached hydrogen (secondary N) is 1. The standard InChI is InChI=1S/C15H15BrN2O2/c1-11(20-14-6-2-5-13(16)8-14)15(19)18-10-12-4-3-7-17-9-12/h2-9,11H,10H2,1H3,(H,18,19). The molecule has 0 radical (unpaired) electrons. The van der Waals surface area contributed by atoms with Gasteiger partial charge in [0.05, 0.1) is 0 Å². The third-order valence-corrected chi connectivity index (χ3v) is 3.16. The van der Waals surface area contributed by atoms with Crippen molar-refractivity contribution in [3.63, 3.8) is 0 Å². The average Bonchev–Trinajstić information content (AvgIpc) is 2.46. The van der Waals surface area contributed by atoms with E-state index in [1.165, 1.54) is 0 Å². The summed E-state index contributed by atoms with van der Waals surface area (Å²) < 4.78 is 6.50. The number of benzene rings is 1. The summed E-state index contributed by atoms with van der Waals surface area (Å²) >= 11 is 3.36. The topological polar surface area (TPSA) is 51.2 Å². The Hall–Kier alpha value is -1.88. The van der Waals surface area contributed by atoms with E-state index in [0.29, 0.717) is 12.3 Å². The number of amides is 1. The normalized spacial score (nSPS) is 11.7. The molecule has 1 aromatic carbocycles. The van der Waals surface area contributed by atoms with Crippen molar-refractivity contribution in [3.05, 3.63) is 58.8 Å². The molecule has 2 rings (SSSR count). The maximum Gasteiger partial charge on any atom is 0.261 e. The van der Waals surface area contributed by atoms with Crippen LogP contribution >= 0.6 is 15.9 Å². The molecule has 0 aliphatic rings. The molecule has 0 aliphatic heterocycles. The Bertz CT molecular complexity index is 575. The second-order valence-corrected chi connectivity index (χ2v) is 5.21. The Balaban J connectivity index is 1.86. The third kappa shape index (κ3) is 4.35. The molecule has 0 bridgehead atoms. The van der Waals surface area contributed by atoms with Crippen LogP contribution in [-0.4, -0.2) is 17.0 Å². The molecule has 1 heterocycles. The first-order valence-electron chi connectivity index (χ1n) is 6.24. The van der Waals surface area contributed by atoms with Crippen molar-refractivity contribution in [1.29, 1.82) is 0 Å². The van der Waals surface area contributed by atoms with E-state index in [9.17, 15) is 4.79 Å². The molecular weight excluding hydrogens is 320 g/mol. The summed E-state index contributed by atoms with van der Waals surface area (Å²) in [5.41, 5.74) is 0.954. The molecule has 1 aromatic heterocycles. The fourth-order valence-electron chi connectivity index (χ4n) is 1.63. The highest BCUT2D eigenvalue weighted by atomic mass is 79.9. The summed E-state index contributed by atoms with van der Waals surface area (Å²) in [6, 6.07) is 11.1. The first-order chi connectivity index (χ1) is 9.65. The predicted molar refractivity (Wildman–Crippen MR) is 80.3 cm³/mol. The van der Waals surface area contributed by atoms with Crippen LogP contribution < -0.4 is 10.1 Å². The molecule has 5 heteroatoms. The highest BCUT2D eigenvalue weighted by Crippen LogP contribution is 2.18. The Morgan fingerprint density at radius 2 is 2.25 bits per heavy atom. The van der Waals surface area contributed by atoms with Crippen molar-refractivity contribution in [1.82, 2.24) is 10.3 Å². The highest BCUT2D eigenvalue weighted by Gasteiger charge is 2.14. The lowest BCUT2D eigenvalue weighted by Crippen LogP contribution is -2.35. The van der Waals surface area contributed by atoms with Gasteiger partial charge in [-0.2, -0.15) is 0 Å². The minimum absolute atomic E-state index is 0.158. The van der Waals surface area contributed by atoms with Gasteiger partial charge in [0.2, 0.25) is 0 Å². The van der Waals surface area contributed by atoms with Gasteiger partial charge in [-0.05, 0) is 36.8 Å². The van der Waals surface area contributed by atoms with E-state index in [0.717, 1.165) is 10.0 Å². The quantitative estimate of drug-likeness (QED) is 0.914. The minimum atomic E-state index is -0.555. The number of nitrogens with zero attached hydrogens (tertiary/aromatic N) is 1. The SMILES string of the molecule is CC(Oc1cccc(Br)c1)C(=O)NCc1cccnc1. The molecule has 1 N–H and O–H groups in total. The van der Waals surface area contributed by atoms with Crippen molar-refractivity contribution >= 4 is 21.8 Å². The van der Waals surface area contributed by atoms with Crippen LogP contribution in [0.2, 0.25) is 0 Å². The highest BCUT2D eigenvalue weighted by molar-refractivity contribution is 9.10. The number of hydrogen-bond acceptors (Lipinski definition) is 3. The summed E-state index contributed by atoms with van der Waals surface area (Å²) in [6.45, 7) is 2.17. The minimum Gasteiger partial charge on any atom is -0.481 e. The van der Waals surface area contributed by atoms with Crippen molar-refractivity contribution in [2.24, 2.45) is 0 Å². The van der Waals surface area contributed by atoms with E-state index >= 15 is 0 Å². The summed E-state index contributed by atoms with van der Waals surface area (Å²) in [6.07, 6.45) is 2.87. The van der Waals surface area contributed by atoms with E-state index < -0.39 is 6.10 Å². The smallest absolute Gasteiger partial charge is 0.261 e. The number of ether oxygens (including phenoxy) is 1. The number of aromatic nitrogens is 1. The first kappa shape index (κ1) is 14.5. The molecule has 0 saturated heterocycles. The lowest BCUT2D eigenvalue weighted by atomic mass is 10.2. The summed E-state index contributed by atoms with van der Waals surface area (Å²) in [7, 11) is 0. The zero-order chi connectivity index (χ0) is 14.4. The second kappa shape index (κ2) is 7.05. The van der Waals surface area contributed by atoms with Gasteiger partial charge in [-0.25, -0.2) is 0 Å². The van der Waals surface area contributed by atoms with E-state index in [2.05, 4.69) is 26.2 Å². The van der Waals surface area contributed by atoms with E-state index in [1.54, 1.807) is 19.3 Å². The molecule has 1 unspecified atom stereocenters. The first-order valence-corrected chi connectivity index (χ1v) is 7.03. The Morgan fingerprint density at radius 3 is 2.95 bits per heavy atom. The molecule has 104 valence electrons. The van der Waals surface area contributed by atoms with Crippen molar-refractivity contribution in [3.8, 4) is 5.75 Å². The molecule has 0 fully saturated rings. The van der Waals surface area contributed by atoms with Gasteiger partial charge in [0.15, 0.2) is 6.10 Å². The predicted octanol–water partition coefficient (Wildman–Crippen LogP) is 2.93. The van der Waals surface area contributed by atoms with Crippen LogP contribution in [0.4, 0.5) is 0 Å². The average molecular weight is 335 g/mol. The fraction of sp³-hybridized carbons (Fsp3) is 0.200. The fourth-order valence-corrected chi connectivity index (χ4v) is 2.01. The number of rotatable bonds is 5. The summed E-state index contributed by atoms with van der Waals surface area (Å²) in [4.78, 5) is 15.9. The molecule has 20 heavy (non-hydrogen) atoms.